The average molecular weight is 472 g/mol. The Balaban J connectivity index is 1.43. The number of amides is 1. The number of carbonyl (C=O) groups excluding carboxylic acids is 1. The number of hydrogen-bond acceptors (Lipinski definition) is 6. The molecule has 1 aliphatic heterocycles. The summed E-state index contributed by atoms with van der Waals surface area (Å²) in [5.41, 5.74) is 2.26. The van der Waals surface area contributed by atoms with Gasteiger partial charge in [-0.05, 0) is 37.1 Å². The summed E-state index contributed by atoms with van der Waals surface area (Å²) in [7, 11) is -0.0966. The summed E-state index contributed by atoms with van der Waals surface area (Å²) in [5.74, 6) is 1.11. The van der Waals surface area contributed by atoms with Gasteiger partial charge in [-0.25, -0.2) is 18.4 Å². The normalized spacial score (nSPS) is 15.0. The Morgan fingerprint density at radius 1 is 1.18 bits per heavy atom. The maximum atomic E-state index is 13.0. The van der Waals surface area contributed by atoms with Gasteiger partial charge in [0.2, 0.25) is 21.8 Å². The molecule has 176 valence electrons. The van der Waals surface area contributed by atoms with Crippen molar-refractivity contribution >= 4 is 27.0 Å². The Labute approximate surface area is 193 Å². The highest BCUT2D eigenvalue weighted by molar-refractivity contribution is 7.89. The maximum absolute atomic E-state index is 13.0. The number of aryl methyl sites for hydroxylation is 2. The number of piperidine rings is 1. The van der Waals surface area contributed by atoms with E-state index < -0.39 is 10.0 Å². The van der Waals surface area contributed by atoms with E-state index in [1.54, 1.807) is 41.9 Å². The fourth-order valence-corrected chi connectivity index (χ4v) is 5.66. The van der Waals surface area contributed by atoms with Crippen LogP contribution < -0.4 is 10.1 Å². The second-order valence-electron chi connectivity index (χ2n) is 8.15. The van der Waals surface area contributed by atoms with Gasteiger partial charge in [-0.1, -0.05) is 12.5 Å². The molecule has 0 aliphatic carbocycles. The van der Waals surface area contributed by atoms with E-state index in [9.17, 15) is 13.2 Å². The van der Waals surface area contributed by atoms with Gasteiger partial charge >= 0.3 is 0 Å². The van der Waals surface area contributed by atoms with Crippen molar-refractivity contribution in [1.29, 1.82) is 0 Å². The number of methoxy groups -OCH3 is 1. The van der Waals surface area contributed by atoms with Crippen LogP contribution in [0.25, 0.3) is 11.0 Å². The summed E-state index contributed by atoms with van der Waals surface area (Å²) < 4.78 is 34.7. The van der Waals surface area contributed by atoms with E-state index in [4.69, 9.17) is 4.74 Å². The summed E-state index contributed by atoms with van der Waals surface area (Å²) in [6.07, 6.45) is 5.20. The fraction of sp³-hybridized carbons (Fsp3) is 0.435. The monoisotopic (exact) mass is 471 g/mol. The number of fused-ring (bicyclic) bond motifs is 1. The SMILES string of the molecule is COc1ncccc1CNC(=O)CCc1nc2cc(S(=O)(=O)N3CCCCC3)ccc2n1C. The van der Waals surface area contributed by atoms with Crippen molar-refractivity contribution in [2.45, 2.75) is 43.5 Å². The molecule has 3 aromatic rings. The van der Waals surface area contributed by atoms with E-state index in [-0.39, 0.29) is 17.2 Å². The van der Waals surface area contributed by atoms with Crippen LogP contribution in [0.4, 0.5) is 0 Å². The van der Waals surface area contributed by atoms with Crippen LogP contribution in [0.15, 0.2) is 41.4 Å². The van der Waals surface area contributed by atoms with Gasteiger partial charge in [-0.2, -0.15) is 4.31 Å². The number of carbonyl (C=O) groups is 1. The lowest BCUT2D eigenvalue weighted by molar-refractivity contribution is -0.121. The third-order valence-electron chi connectivity index (χ3n) is 5.99. The Bertz CT molecular complexity index is 1250. The Hall–Kier alpha value is -2.98. The number of rotatable bonds is 8. The van der Waals surface area contributed by atoms with E-state index in [0.29, 0.717) is 37.5 Å². The first kappa shape index (κ1) is 23.2. The molecule has 1 aromatic carbocycles. The van der Waals surface area contributed by atoms with Crippen molar-refractivity contribution in [3.05, 3.63) is 47.9 Å². The van der Waals surface area contributed by atoms with E-state index in [2.05, 4.69) is 15.3 Å². The quantitative estimate of drug-likeness (QED) is 0.541. The maximum Gasteiger partial charge on any atom is 0.243 e. The van der Waals surface area contributed by atoms with Crippen molar-refractivity contribution < 1.29 is 17.9 Å². The van der Waals surface area contributed by atoms with Crippen LogP contribution in [0, 0.1) is 0 Å². The molecular formula is C23H29N5O4S. The van der Waals surface area contributed by atoms with Crippen LogP contribution in [0.5, 0.6) is 5.88 Å². The smallest absolute Gasteiger partial charge is 0.243 e. The fourth-order valence-electron chi connectivity index (χ4n) is 4.12. The molecule has 2 aromatic heterocycles. The van der Waals surface area contributed by atoms with Gasteiger partial charge in [0, 0.05) is 51.3 Å². The van der Waals surface area contributed by atoms with Crippen LogP contribution in [-0.2, 0) is 34.8 Å². The third kappa shape index (κ3) is 5.01. The lowest BCUT2D eigenvalue weighted by Crippen LogP contribution is -2.35. The molecule has 0 radical (unpaired) electrons. The molecule has 9 nitrogen and oxygen atoms in total. The highest BCUT2D eigenvalue weighted by Crippen LogP contribution is 2.25. The van der Waals surface area contributed by atoms with Gasteiger partial charge in [0.25, 0.3) is 0 Å². The van der Waals surface area contributed by atoms with Crippen LogP contribution in [0.3, 0.4) is 0 Å². The van der Waals surface area contributed by atoms with Crippen LogP contribution in [0.2, 0.25) is 0 Å². The summed E-state index contributed by atoms with van der Waals surface area (Å²) in [6.45, 7) is 1.46. The lowest BCUT2D eigenvalue weighted by atomic mass is 10.2. The van der Waals surface area contributed by atoms with Crippen molar-refractivity contribution in [2.24, 2.45) is 7.05 Å². The van der Waals surface area contributed by atoms with E-state index >= 15 is 0 Å². The minimum absolute atomic E-state index is 0.110. The van der Waals surface area contributed by atoms with E-state index in [1.807, 2.05) is 17.7 Å². The van der Waals surface area contributed by atoms with Crippen LogP contribution >= 0.6 is 0 Å². The molecular weight excluding hydrogens is 442 g/mol. The molecule has 33 heavy (non-hydrogen) atoms. The minimum Gasteiger partial charge on any atom is -0.481 e. The average Bonchev–Trinajstić information content (AvgIpc) is 3.16. The molecule has 0 bridgehead atoms. The summed E-state index contributed by atoms with van der Waals surface area (Å²) >= 11 is 0. The van der Waals surface area contributed by atoms with Crippen molar-refractivity contribution in [1.82, 2.24) is 24.2 Å². The molecule has 10 heteroatoms. The topological polar surface area (TPSA) is 106 Å². The van der Waals surface area contributed by atoms with Crippen molar-refractivity contribution in [3.63, 3.8) is 0 Å². The number of aromatic nitrogens is 3. The van der Waals surface area contributed by atoms with Gasteiger partial charge in [0.1, 0.15) is 5.82 Å². The number of sulfonamides is 1. The first-order valence-corrected chi connectivity index (χ1v) is 12.5. The molecule has 0 saturated carbocycles. The highest BCUT2D eigenvalue weighted by atomic mass is 32.2. The molecule has 1 amide bonds. The van der Waals surface area contributed by atoms with Gasteiger partial charge in [0.15, 0.2) is 0 Å². The zero-order valence-electron chi connectivity index (χ0n) is 19.0. The summed E-state index contributed by atoms with van der Waals surface area (Å²) in [5, 5.41) is 2.88. The number of benzene rings is 1. The molecule has 1 aliphatic rings. The second-order valence-corrected chi connectivity index (χ2v) is 10.1. The number of imidazole rings is 1. The van der Waals surface area contributed by atoms with E-state index in [1.165, 1.54) is 0 Å². The predicted molar refractivity (Wildman–Crippen MR) is 124 cm³/mol. The Kier molecular flexibility index (Phi) is 6.94. The van der Waals surface area contributed by atoms with E-state index in [0.717, 1.165) is 36.2 Å². The van der Waals surface area contributed by atoms with Crippen LogP contribution in [-0.4, -0.2) is 53.4 Å². The predicted octanol–water partition coefficient (Wildman–Crippen LogP) is 2.40. The van der Waals surface area contributed by atoms with Gasteiger partial charge < -0.3 is 14.6 Å². The number of ether oxygens (including phenoxy) is 1. The zero-order chi connectivity index (χ0) is 23.4. The molecule has 3 heterocycles. The number of pyridine rings is 1. The van der Waals surface area contributed by atoms with Gasteiger partial charge in [-0.3, -0.25) is 4.79 Å². The summed E-state index contributed by atoms with van der Waals surface area (Å²) in [4.78, 5) is 21.4. The Morgan fingerprint density at radius 2 is 1.97 bits per heavy atom. The first-order chi connectivity index (χ1) is 15.9. The molecule has 4 rings (SSSR count). The van der Waals surface area contributed by atoms with Crippen LogP contribution in [0.1, 0.15) is 37.1 Å². The molecule has 0 atom stereocenters. The summed E-state index contributed by atoms with van der Waals surface area (Å²) in [6, 6.07) is 8.72. The van der Waals surface area contributed by atoms with Gasteiger partial charge in [0.05, 0.1) is 23.0 Å². The Morgan fingerprint density at radius 3 is 2.73 bits per heavy atom. The zero-order valence-corrected chi connectivity index (χ0v) is 19.8. The highest BCUT2D eigenvalue weighted by Gasteiger charge is 2.26. The van der Waals surface area contributed by atoms with Gasteiger partial charge in [-0.15, -0.1) is 0 Å². The largest absolute Gasteiger partial charge is 0.481 e. The number of nitrogens with zero attached hydrogens (tertiary/aromatic N) is 4. The number of nitrogens with one attached hydrogen (secondary N) is 1. The third-order valence-corrected chi connectivity index (χ3v) is 7.89. The molecule has 1 N–H and O–H groups in total. The standard InChI is InChI=1S/C23H29N5O4S/c1-27-20-9-8-18(33(30,31)28-13-4-3-5-14-28)15-19(20)26-21(27)10-11-22(29)25-16-17-7-6-12-24-23(17)32-2/h6-9,12,15H,3-5,10-11,13-14,16H2,1-2H3,(H,25,29). The van der Waals surface area contributed by atoms with Crippen molar-refractivity contribution in [3.8, 4) is 5.88 Å². The number of hydrogen-bond donors (Lipinski definition) is 1. The van der Waals surface area contributed by atoms with Crippen molar-refractivity contribution in [2.75, 3.05) is 20.2 Å². The molecule has 0 spiro atoms. The second kappa shape index (κ2) is 9.88. The lowest BCUT2D eigenvalue weighted by Gasteiger charge is -2.25. The molecule has 1 fully saturated rings. The minimum atomic E-state index is -3.52. The molecule has 1 saturated heterocycles. The molecule has 0 unspecified atom stereocenters. The first-order valence-electron chi connectivity index (χ1n) is 11.1.